The van der Waals surface area contributed by atoms with E-state index in [2.05, 4.69) is 0 Å². The fourth-order valence-corrected chi connectivity index (χ4v) is 6.75. The second kappa shape index (κ2) is 5.22. The van der Waals surface area contributed by atoms with Crippen LogP contribution < -0.4 is 0 Å². The Labute approximate surface area is 129 Å². The summed E-state index contributed by atoms with van der Waals surface area (Å²) in [6.45, 7) is 0. The first kappa shape index (κ1) is 15.3. The van der Waals surface area contributed by atoms with Crippen LogP contribution in [-0.4, -0.2) is 44.7 Å². The van der Waals surface area contributed by atoms with Crippen molar-refractivity contribution in [2.24, 2.45) is 0 Å². The maximum absolute atomic E-state index is 12.8. The highest BCUT2D eigenvalue weighted by molar-refractivity contribution is 7.92. The first-order valence-corrected chi connectivity index (χ1v) is 10.4. The van der Waals surface area contributed by atoms with Gasteiger partial charge in [0.2, 0.25) is 10.0 Å². The fraction of sp³-hybridized carbons (Fsp3) is 0.538. The number of sulfone groups is 1. The van der Waals surface area contributed by atoms with Gasteiger partial charge in [-0.3, -0.25) is 0 Å². The van der Waals surface area contributed by atoms with Crippen LogP contribution in [-0.2, 0) is 19.9 Å². The monoisotopic (exact) mass is 349 g/mol. The van der Waals surface area contributed by atoms with Gasteiger partial charge >= 0.3 is 0 Å². The van der Waals surface area contributed by atoms with Crippen molar-refractivity contribution in [2.75, 3.05) is 11.5 Å². The summed E-state index contributed by atoms with van der Waals surface area (Å²) in [7, 11) is -6.84. The predicted molar refractivity (Wildman–Crippen MR) is 80.6 cm³/mol. The van der Waals surface area contributed by atoms with Gasteiger partial charge in [-0.1, -0.05) is 17.7 Å². The third-order valence-corrected chi connectivity index (χ3v) is 7.83. The minimum atomic E-state index is -3.71. The Kier molecular flexibility index (Phi) is 3.80. The maximum atomic E-state index is 12.8. The Morgan fingerprint density at radius 2 is 1.86 bits per heavy atom. The molecule has 0 N–H and O–H groups in total. The van der Waals surface area contributed by atoms with Gasteiger partial charge in [-0.05, 0) is 37.5 Å². The number of halogens is 1. The first-order valence-electron chi connectivity index (χ1n) is 6.79. The number of hydrogen-bond acceptors (Lipinski definition) is 4. The standard InChI is InChI=1S/C13H16ClNO4S2/c14-10-2-1-3-13(8-10)21(18,19)15(11-4-5-11)12-6-7-20(16,17)9-12/h1-3,8,11-12H,4-7,9H2. The summed E-state index contributed by atoms with van der Waals surface area (Å²) in [5.41, 5.74) is 0. The highest BCUT2D eigenvalue weighted by Crippen LogP contribution is 2.37. The third-order valence-electron chi connectivity index (χ3n) is 3.85. The fourth-order valence-electron chi connectivity index (χ4n) is 2.74. The quantitative estimate of drug-likeness (QED) is 0.829. The van der Waals surface area contributed by atoms with Gasteiger partial charge in [-0.2, -0.15) is 4.31 Å². The van der Waals surface area contributed by atoms with Gasteiger partial charge in [-0.25, -0.2) is 16.8 Å². The normalized spacial score (nSPS) is 25.3. The van der Waals surface area contributed by atoms with E-state index in [1.807, 2.05) is 0 Å². The summed E-state index contributed by atoms with van der Waals surface area (Å²) < 4.78 is 50.4. The van der Waals surface area contributed by atoms with Crippen LogP contribution in [0.4, 0.5) is 0 Å². The van der Waals surface area contributed by atoms with Crippen LogP contribution in [0.15, 0.2) is 29.2 Å². The van der Waals surface area contributed by atoms with E-state index in [-0.39, 0.29) is 22.4 Å². The molecule has 1 atom stereocenters. The van der Waals surface area contributed by atoms with Crippen molar-refractivity contribution in [1.82, 2.24) is 4.31 Å². The van der Waals surface area contributed by atoms with E-state index in [0.29, 0.717) is 11.4 Å². The molecule has 116 valence electrons. The zero-order chi connectivity index (χ0) is 15.3. The molecule has 8 heteroatoms. The molecule has 5 nitrogen and oxygen atoms in total. The summed E-state index contributed by atoms with van der Waals surface area (Å²) in [6, 6.07) is 5.59. The predicted octanol–water partition coefficient (Wildman–Crippen LogP) is 1.68. The summed E-state index contributed by atoms with van der Waals surface area (Å²) >= 11 is 5.88. The molecule has 1 heterocycles. The molecule has 1 saturated carbocycles. The topological polar surface area (TPSA) is 71.5 Å². The van der Waals surface area contributed by atoms with Crippen LogP contribution in [0.25, 0.3) is 0 Å². The maximum Gasteiger partial charge on any atom is 0.243 e. The van der Waals surface area contributed by atoms with E-state index in [1.54, 1.807) is 12.1 Å². The largest absolute Gasteiger partial charge is 0.243 e. The number of rotatable bonds is 4. The molecule has 1 aromatic carbocycles. The van der Waals surface area contributed by atoms with Gasteiger partial charge in [0, 0.05) is 17.1 Å². The highest BCUT2D eigenvalue weighted by Gasteiger charge is 2.46. The van der Waals surface area contributed by atoms with Crippen molar-refractivity contribution in [3.05, 3.63) is 29.3 Å². The molecule has 0 radical (unpaired) electrons. The molecule has 1 saturated heterocycles. The molecule has 0 bridgehead atoms. The Hall–Kier alpha value is -0.630. The lowest BCUT2D eigenvalue weighted by Gasteiger charge is -2.27. The molecule has 1 aliphatic heterocycles. The highest BCUT2D eigenvalue weighted by atomic mass is 35.5. The Bertz CT molecular complexity index is 756. The van der Waals surface area contributed by atoms with Crippen molar-refractivity contribution in [3.63, 3.8) is 0 Å². The van der Waals surface area contributed by atoms with Gasteiger partial charge in [0.05, 0.1) is 16.4 Å². The van der Waals surface area contributed by atoms with E-state index in [0.717, 1.165) is 12.8 Å². The van der Waals surface area contributed by atoms with Crippen molar-refractivity contribution in [1.29, 1.82) is 0 Å². The number of hydrogen-bond donors (Lipinski definition) is 0. The zero-order valence-corrected chi connectivity index (χ0v) is 13.7. The Balaban J connectivity index is 1.98. The minimum Gasteiger partial charge on any atom is -0.229 e. The lowest BCUT2D eigenvalue weighted by molar-refractivity contribution is 0.332. The van der Waals surface area contributed by atoms with Crippen LogP contribution in [0.5, 0.6) is 0 Å². The van der Waals surface area contributed by atoms with Gasteiger partial charge in [0.1, 0.15) is 0 Å². The Morgan fingerprint density at radius 1 is 1.14 bits per heavy atom. The molecule has 0 aromatic heterocycles. The van der Waals surface area contributed by atoms with E-state index >= 15 is 0 Å². The lowest BCUT2D eigenvalue weighted by atomic mass is 10.2. The van der Waals surface area contributed by atoms with Crippen molar-refractivity contribution in [2.45, 2.75) is 36.2 Å². The molecule has 0 spiro atoms. The number of benzene rings is 1. The summed E-state index contributed by atoms with van der Waals surface area (Å²) in [4.78, 5) is 0.131. The van der Waals surface area contributed by atoms with E-state index < -0.39 is 25.9 Å². The molecule has 3 rings (SSSR count). The van der Waals surface area contributed by atoms with Crippen LogP contribution in [0.3, 0.4) is 0 Å². The molecule has 0 amide bonds. The van der Waals surface area contributed by atoms with E-state index in [4.69, 9.17) is 11.6 Å². The van der Waals surface area contributed by atoms with Crippen molar-refractivity contribution < 1.29 is 16.8 Å². The summed E-state index contributed by atoms with van der Waals surface area (Å²) in [6.07, 6.45) is 1.95. The second-order valence-corrected chi connectivity index (χ2v) is 10.1. The third kappa shape index (κ3) is 3.11. The van der Waals surface area contributed by atoms with Crippen LogP contribution in [0.2, 0.25) is 5.02 Å². The zero-order valence-electron chi connectivity index (χ0n) is 11.3. The minimum absolute atomic E-state index is 0.0615. The molecule has 21 heavy (non-hydrogen) atoms. The molecule has 1 aliphatic carbocycles. The van der Waals surface area contributed by atoms with Gasteiger partial charge in [0.25, 0.3) is 0 Å². The SMILES string of the molecule is O=S1(=O)CCC(N(C2CC2)S(=O)(=O)c2cccc(Cl)c2)C1. The molecule has 2 fully saturated rings. The molecule has 1 aromatic rings. The summed E-state index contributed by atoms with van der Waals surface area (Å²) in [5, 5.41) is 0.353. The molecular formula is C13H16ClNO4S2. The van der Waals surface area contributed by atoms with Gasteiger partial charge in [-0.15, -0.1) is 0 Å². The Morgan fingerprint density at radius 3 is 2.38 bits per heavy atom. The summed E-state index contributed by atoms with van der Waals surface area (Å²) in [5.74, 6) is -0.0186. The van der Waals surface area contributed by atoms with Gasteiger partial charge < -0.3 is 0 Å². The lowest BCUT2D eigenvalue weighted by Crippen LogP contribution is -2.42. The van der Waals surface area contributed by atoms with Crippen molar-refractivity contribution >= 4 is 31.5 Å². The molecule has 1 unspecified atom stereocenters. The van der Waals surface area contributed by atoms with Crippen LogP contribution >= 0.6 is 11.6 Å². The van der Waals surface area contributed by atoms with E-state index in [9.17, 15) is 16.8 Å². The first-order chi connectivity index (χ1) is 9.79. The smallest absolute Gasteiger partial charge is 0.229 e. The number of nitrogens with zero attached hydrogens (tertiary/aromatic N) is 1. The average molecular weight is 350 g/mol. The van der Waals surface area contributed by atoms with Crippen LogP contribution in [0.1, 0.15) is 19.3 Å². The number of sulfonamides is 1. The van der Waals surface area contributed by atoms with Crippen LogP contribution in [0, 0.1) is 0 Å². The van der Waals surface area contributed by atoms with Gasteiger partial charge in [0.15, 0.2) is 9.84 Å². The van der Waals surface area contributed by atoms with E-state index in [1.165, 1.54) is 16.4 Å². The van der Waals surface area contributed by atoms with Crippen molar-refractivity contribution in [3.8, 4) is 0 Å². The second-order valence-electron chi connectivity index (χ2n) is 5.58. The molecule has 2 aliphatic rings. The average Bonchev–Trinajstić information content (AvgIpc) is 3.14. The molecular weight excluding hydrogens is 334 g/mol.